The number of hydrogen-bond acceptors (Lipinski definition) is 9. The number of rotatable bonds is 15. The van der Waals surface area contributed by atoms with Gasteiger partial charge in [-0.3, -0.25) is 4.79 Å². The Hall–Kier alpha value is -4.43. The first-order chi connectivity index (χ1) is 25.1. The summed E-state index contributed by atoms with van der Waals surface area (Å²) in [7, 11) is 5.99. The van der Waals surface area contributed by atoms with Gasteiger partial charge in [0.15, 0.2) is 5.60 Å². The fraction of sp³-hybridized carbons (Fsp3) is 0.462. The summed E-state index contributed by atoms with van der Waals surface area (Å²) >= 11 is 0. The fourth-order valence-corrected chi connectivity index (χ4v) is 13.6. The van der Waals surface area contributed by atoms with Gasteiger partial charge < -0.3 is 44.5 Å². The highest BCUT2D eigenvalue weighted by Gasteiger charge is 2.58. The average molecular weight is 731 g/mol. The molecular formula is C39H50N4O8Si. The van der Waals surface area contributed by atoms with E-state index in [0.29, 0.717) is 56.3 Å². The first-order valence-corrected chi connectivity index (χ1v) is 20.5. The van der Waals surface area contributed by atoms with Crippen molar-refractivity contribution in [2.75, 3.05) is 90.7 Å². The molecule has 0 aliphatic carbocycles. The molecule has 0 radical (unpaired) electrons. The molecule has 278 valence electrons. The van der Waals surface area contributed by atoms with Crippen LogP contribution in [0.5, 0.6) is 0 Å². The van der Waals surface area contributed by atoms with Crippen molar-refractivity contribution in [2.45, 2.75) is 37.0 Å². The molecule has 3 aliphatic heterocycles. The number of carbonyl (C=O) groups is 3. The van der Waals surface area contributed by atoms with Crippen LogP contribution in [0.25, 0.3) is 0 Å². The van der Waals surface area contributed by atoms with Crippen molar-refractivity contribution in [3.05, 3.63) is 82.4 Å². The Kier molecular flexibility index (Phi) is 11.5. The van der Waals surface area contributed by atoms with Gasteiger partial charge in [-0.2, -0.15) is 0 Å². The van der Waals surface area contributed by atoms with Gasteiger partial charge in [0, 0.05) is 74.9 Å². The van der Waals surface area contributed by atoms with E-state index in [1.807, 2.05) is 6.07 Å². The zero-order chi connectivity index (χ0) is 36.9. The molecule has 2 amide bonds. The largest absolute Gasteiger partial charge is 0.465 e. The molecule has 1 fully saturated rings. The first kappa shape index (κ1) is 37.3. The third kappa shape index (κ3) is 7.27. The van der Waals surface area contributed by atoms with Crippen molar-refractivity contribution in [3.63, 3.8) is 0 Å². The minimum absolute atomic E-state index is 0.224. The second kappa shape index (κ2) is 16.1. The van der Waals surface area contributed by atoms with Gasteiger partial charge in [0.25, 0.3) is 5.91 Å². The maximum Gasteiger partial charge on any atom is 0.404 e. The number of fused-ring (bicyclic) bond motifs is 8. The lowest BCUT2D eigenvalue weighted by atomic mass is 9.78. The molecular weight excluding hydrogens is 681 g/mol. The van der Waals surface area contributed by atoms with Crippen molar-refractivity contribution in [2.24, 2.45) is 0 Å². The summed E-state index contributed by atoms with van der Waals surface area (Å²) in [6.45, 7) is 2.54. The van der Waals surface area contributed by atoms with Crippen LogP contribution in [-0.2, 0) is 24.5 Å². The van der Waals surface area contributed by atoms with Crippen LogP contribution in [0.1, 0.15) is 56.7 Å². The number of carboxylic acid groups (broad SMARTS) is 1. The number of benzene rings is 3. The molecule has 0 bridgehead atoms. The SMILES string of the molecule is CN(C)c1ccc2c(c1)[Si]1(CCCCC1)c1cc(N(C)C)ccc1C21OC(=O)c2ccc(C(=O)NCCOCCOCCOCCNC(=O)O)cc21. The quantitative estimate of drug-likeness (QED) is 0.121. The summed E-state index contributed by atoms with van der Waals surface area (Å²) in [6, 6.07) is 20.8. The Balaban J connectivity index is 1.21. The lowest BCUT2D eigenvalue weighted by molar-refractivity contribution is 0.0158. The zero-order valence-electron chi connectivity index (χ0n) is 30.6. The Morgan fingerprint density at radius 2 is 1.27 bits per heavy atom. The van der Waals surface area contributed by atoms with Crippen LogP contribution in [-0.4, -0.2) is 112 Å². The molecule has 3 aliphatic rings. The Morgan fingerprint density at radius 1 is 0.731 bits per heavy atom. The number of carbonyl (C=O) groups excluding carboxylic acids is 2. The van der Waals surface area contributed by atoms with Gasteiger partial charge in [-0.15, -0.1) is 0 Å². The van der Waals surface area contributed by atoms with Crippen LogP contribution in [0.4, 0.5) is 16.2 Å². The smallest absolute Gasteiger partial charge is 0.404 e. The maximum absolute atomic E-state index is 13.8. The van der Waals surface area contributed by atoms with Crippen LogP contribution in [0, 0.1) is 0 Å². The first-order valence-electron chi connectivity index (χ1n) is 18.1. The minimum atomic E-state index is -2.26. The monoisotopic (exact) mass is 730 g/mol. The molecule has 3 aromatic carbocycles. The highest BCUT2D eigenvalue weighted by atomic mass is 28.3. The molecule has 52 heavy (non-hydrogen) atoms. The standard InChI is InChI=1S/C39H50N4O8Si/c1-42(2)28-9-12-31-34(25-28)52(22-6-5-7-23-52)35-26-29(43(3)4)10-13-32(35)39(31)33-24-27(8-11-30(33)37(45)51-39)36(44)40-14-16-48-18-20-50-21-19-49-17-15-41-38(46)47/h8-13,24-26,41H,5-7,14-23H2,1-4H3,(H,40,44)(H,46,47). The molecule has 13 heteroatoms. The number of esters is 1. The van der Waals surface area contributed by atoms with Crippen LogP contribution in [0.2, 0.25) is 12.1 Å². The molecule has 3 N–H and O–H groups in total. The van der Waals surface area contributed by atoms with Gasteiger partial charge in [-0.1, -0.05) is 31.4 Å². The normalized spacial score (nSPS) is 16.1. The van der Waals surface area contributed by atoms with E-state index in [1.165, 1.54) is 29.6 Å². The van der Waals surface area contributed by atoms with Crippen LogP contribution < -0.4 is 30.8 Å². The second-order valence-electron chi connectivity index (χ2n) is 14.0. The topological polar surface area (TPSA) is 139 Å². The third-order valence-electron chi connectivity index (χ3n) is 10.5. The summed E-state index contributed by atoms with van der Waals surface area (Å²) in [5.41, 5.74) is 4.78. The van der Waals surface area contributed by atoms with Crippen LogP contribution in [0.15, 0.2) is 54.6 Å². The van der Waals surface area contributed by atoms with Gasteiger partial charge in [0.2, 0.25) is 0 Å². The number of ether oxygens (including phenoxy) is 4. The molecule has 3 aromatic rings. The fourth-order valence-electron chi connectivity index (χ4n) is 7.93. The van der Waals surface area contributed by atoms with E-state index < -0.39 is 19.8 Å². The van der Waals surface area contributed by atoms with Crippen LogP contribution in [0.3, 0.4) is 0 Å². The predicted octanol–water partition coefficient (Wildman–Crippen LogP) is 3.39. The van der Waals surface area contributed by atoms with Gasteiger partial charge in [0.05, 0.1) is 45.2 Å². The van der Waals surface area contributed by atoms with E-state index in [0.717, 1.165) is 34.6 Å². The van der Waals surface area contributed by atoms with E-state index >= 15 is 0 Å². The minimum Gasteiger partial charge on any atom is -0.465 e. The highest BCUT2D eigenvalue weighted by molar-refractivity contribution is 7.03. The van der Waals surface area contributed by atoms with Crippen molar-refractivity contribution in [3.8, 4) is 0 Å². The van der Waals surface area contributed by atoms with Gasteiger partial charge in [-0.25, -0.2) is 9.59 Å². The van der Waals surface area contributed by atoms with Gasteiger partial charge in [0.1, 0.15) is 8.07 Å². The molecule has 12 nitrogen and oxygen atoms in total. The Bertz CT molecular complexity index is 1730. The predicted molar refractivity (Wildman–Crippen MR) is 203 cm³/mol. The second-order valence-corrected chi connectivity index (χ2v) is 18.3. The number of anilines is 2. The van der Waals surface area contributed by atoms with Crippen molar-refractivity contribution >= 4 is 47.8 Å². The summed E-state index contributed by atoms with van der Waals surface area (Å²) in [5.74, 6) is -0.641. The number of amides is 2. The summed E-state index contributed by atoms with van der Waals surface area (Å²) in [6.07, 6.45) is 2.51. The third-order valence-corrected chi connectivity index (χ3v) is 15.8. The molecule has 0 saturated carbocycles. The Morgan fingerprint density at radius 3 is 1.81 bits per heavy atom. The van der Waals surface area contributed by atoms with Crippen molar-refractivity contribution in [1.29, 1.82) is 0 Å². The summed E-state index contributed by atoms with van der Waals surface area (Å²) in [4.78, 5) is 42.0. The highest BCUT2D eigenvalue weighted by Crippen LogP contribution is 2.51. The number of hydrogen-bond donors (Lipinski definition) is 3. The van der Waals surface area contributed by atoms with Crippen molar-refractivity contribution < 1.29 is 38.4 Å². The summed E-state index contributed by atoms with van der Waals surface area (Å²) in [5, 5.41) is 16.4. The van der Waals surface area contributed by atoms with E-state index in [9.17, 15) is 14.4 Å². The van der Waals surface area contributed by atoms with E-state index in [2.05, 4.69) is 85.0 Å². The average Bonchev–Trinajstić information content (AvgIpc) is 3.44. The maximum atomic E-state index is 13.8. The van der Waals surface area contributed by atoms with Crippen molar-refractivity contribution in [1.82, 2.24) is 10.6 Å². The van der Waals surface area contributed by atoms with Gasteiger partial charge in [-0.05, 0) is 64.9 Å². The van der Waals surface area contributed by atoms with E-state index in [-0.39, 0.29) is 25.0 Å². The number of nitrogens with one attached hydrogen (secondary N) is 2. The number of nitrogens with zero attached hydrogens (tertiary/aromatic N) is 2. The molecule has 0 unspecified atom stereocenters. The molecule has 0 atom stereocenters. The van der Waals surface area contributed by atoms with E-state index in [4.69, 9.17) is 24.1 Å². The molecule has 0 aromatic heterocycles. The summed E-state index contributed by atoms with van der Waals surface area (Å²) < 4.78 is 23.0. The lowest BCUT2D eigenvalue weighted by Crippen LogP contribution is -2.67. The molecule has 2 spiro atoms. The lowest BCUT2D eigenvalue weighted by Gasteiger charge is -2.48. The molecule has 3 heterocycles. The van der Waals surface area contributed by atoms with Crippen LogP contribution >= 0.6 is 0 Å². The zero-order valence-corrected chi connectivity index (χ0v) is 31.6. The van der Waals surface area contributed by atoms with Gasteiger partial charge >= 0.3 is 12.1 Å². The van der Waals surface area contributed by atoms with E-state index in [1.54, 1.807) is 12.1 Å². The molecule has 1 saturated heterocycles. The Labute approximate surface area is 306 Å². The molecule has 6 rings (SSSR count).